The highest BCUT2D eigenvalue weighted by Crippen LogP contribution is 2.22. The van der Waals surface area contributed by atoms with Gasteiger partial charge in [-0.05, 0) is 37.6 Å². The Kier molecular flexibility index (Phi) is 5.25. The molecule has 0 spiro atoms. The third-order valence-corrected chi connectivity index (χ3v) is 4.02. The lowest BCUT2D eigenvalue weighted by Crippen LogP contribution is -2.51. The standard InChI is InChI=1S/C13H27N3O/c1-9(2)11(4)15-13(17)16-6-5-12(7-14)10(3)8-16/h9-12H,5-8,14H2,1-4H3,(H,15,17). The lowest BCUT2D eigenvalue weighted by molar-refractivity contribution is 0.137. The van der Waals surface area contributed by atoms with Crippen molar-refractivity contribution >= 4 is 6.03 Å². The molecular weight excluding hydrogens is 214 g/mol. The maximum atomic E-state index is 12.0. The van der Waals surface area contributed by atoms with Crippen LogP contribution in [0.4, 0.5) is 4.79 Å². The number of nitrogens with two attached hydrogens (primary N) is 1. The molecule has 0 aliphatic carbocycles. The lowest BCUT2D eigenvalue weighted by atomic mass is 9.87. The van der Waals surface area contributed by atoms with Crippen molar-refractivity contribution in [3.63, 3.8) is 0 Å². The van der Waals surface area contributed by atoms with Crippen molar-refractivity contribution in [1.29, 1.82) is 0 Å². The summed E-state index contributed by atoms with van der Waals surface area (Å²) in [5.74, 6) is 1.55. The third-order valence-electron chi connectivity index (χ3n) is 4.02. The van der Waals surface area contributed by atoms with Crippen LogP contribution in [0, 0.1) is 17.8 Å². The van der Waals surface area contributed by atoms with Gasteiger partial charge >= 0.3 is 6.03 Å². The van der Waals surface area contributed by atoms with E-state index >= 15 is 0 Å². The van der Waals surface area contributed by atoms with E-state index in [4.69, 9.17) is 5.73 Å². The van der Waals surface area contributed by atoms with Crippen molar-refractivity contribution in [1.82, 2.24) is 10.2 Å². The van der Waals surface area contributed by atoms with E-state index < -0.39 is 0 Å². The van der Waals surface area contributed by atoms with E-state index in [9.17, 15) is 4.79 Å². The van der Waals surface area contributed by atoms with Crippen LogP contribution in [-0.4, -0.2) is 36.6 Å². The Morgan fingerprint density at radius 1 is 1.47 bits per heavy atom. The summed E-state index contributed by atoms with van der Waals surface area (Å²) >= 11 is 0. The Morgan fingerprint density at radius 2 is 2.12 bits per heavy atom. The monoisotopic (exact) mass is 241 g/mol. The predicted octanol–water partition coefficient (Wildman–Crippen LogP) is 1.66. The second kappa shape index (κ2) is 6.24. The number of amides is 2. The molecule has 0 radical (unpaired) electrons. The van der Waals surface area contributed by atoms with Gasteiger partial charge in [0, 0.05) is 19.1 Å². The Labute approximate surface area is 105 Å². The number of rotatable bonds is 3. The zero-order valence-electron chi connectivity index (χ0n) is 11.6. The average Bonchev–Trinajstić information content (AvgIpc) is 2.28. The van der Waals surface area contributed by atoms with Gasteiger partial charge < -0.3 is 16.0 Å². The first-order chi connectivity index (χ1) is 7.95. The number of piperidine rings is 1. The molecule has 100 valence electrons. The molecule has 0 bridgehead atoms. The van der Waals surface area contributed by atoms with E-state index in [0.717, 1.165) is 26.1 Å². The van der Waals surface area contributed by atoms with Gasteiger partial charge in [0.25, 0.3) is 0 Å². The third kappa shape index (κ3) is 3.87. The largest absolute Gasteiger partial charge is 0.335 e. The minimum atomic E-state index is 0.0773. The van der Waals surface area contributed by atoms with Gasteiger partial charge in [-0.15, -0.1) is 0 Å². The second-order valence-corrected chi connectivity index (χ2v) is 5.69. The molecule has 3 N–H and O–H groups in total. The highest BCUT2D eigenvalue weighted by atomic mass is 16.2. The van der Waals surface area contributed by atoms with E-state index in [-0.39, 0.29) is 12.1 Å². The molecular formula is C13H27N3O. The first-order valence-electron chi connectivity index (χ1n) is 6.71. The SMILES string of the molecule is CC(C)C(C)NC(=O)N1CCC(CN)C(C)C1. The highest BCUT2D eigenvalue weighted by molar-refractivity contribution is 5.74. The topological polar surface area (TPSA) is 58.4 Å². The van der Waals surface area contributed by atoms with Crippen molar-refractivity contribution < 1.29 is 4.79 Å². The van der Waals surface area contributed by atoms with Crippen LogP contribution < -0.4 is 11.1 Å². The number of hydrogen-bond donors (Lipinski definition) is 2. The number of carbonyl (C=O) groups is 1. The maximum absolute atomic E-state index is 12.0. The number of nitrogens with one attached hydrogen (secondary N) is 1. The quantitative estimate of drug-likeness (QED) is 0.789. The molecule has 3 unspecified atom stereocenters. The zero-order valence-corrected chi connectivity index (χ0v) is 11.6. The minimum absolute atomic E-state index is 0.0773. The number of urea groups is 1. The fourth-order valence-corrected chi connectivity index (χ4v) is 2.18. The van der Waals surface area contributed by atoms with E-state index in [0.29, 0.717) is 17.8 Å². The summed E-state index contributed by atoms with van der Waals surface area (Å²) < 4.78 is 0. The molecule has 0 aromatic rings. The van der Waals surface area contributed by atoms with Crippen LogP contribution in [0.15, 0.2) is 0 Å². The summed E-state index contributed by atoms with van der Waals surface area (Å²) in [6.07, 6.45) is 1.03. The molecule has 1 aliphatic heterocycles. The van der Waals surface area contributed by atoms with Crippen LogP contribution in [-0.2, 0) is 0 Å². The Hall–Kier alpha value is -0.770. The normalized spacial score (nSPS) is 27.1. The van der Waals surface area contributed by atoms with Gasteiger partial charge in [0.1, 0.15) is 0 Å². The molecule has 17 heavy (non-hydrogen) atoms. The first kappa shape index (κ1) is 14.3. The van der Waals surface area contributed by atoms with Gasteiger partial charge in [0.05, 0.1) is 0 Å². The van der Waals surface area contributed by atoms with Crippen LogP contribution in [0.2, 0.25) is 0 Å². The Bertz CT molecular complexity index is 255. The number of nitrogens with zero attached hydrogens (tertiary/aromatic N) is 1. The predicted molar refractivity (Wildman–Crippen MR) is 70.7 cm³/mol. The van der Waals surface area contributed by atoms with Crippen LogP contribution in [0.1, 0.15) is 34.1 Å². The molecule has 1 fully saturated rings. The number of hydrogen-bond acceptors (Lipinski definition) is 2. The van der Waals surface area contributed by atoms with Gasteiger partial charge in [-0.25, -0.2) is 4.79 Å². The van der Waals surface area contributed by atoms with Crippen LogP contribution in [0.25, 0.3) is 0 Å². The Morgan fingerprint density at radius 3 is 2.59 bits per heavy atom. The van der Waals surface area contributed by atoms with Crippen molar-refractivity contribution in [2.75, 3.05) is 19.6 Å². The number of likely N-dealkylation sites (tertiary alicyclic amines) is 1. The molecule has 0 saturated carbocycles. The molecule has 2 amide bonds. The molecule has 1 aliphatic rings. The highest BCUT2D eigenvalue weighted by Gasteiger charge is 2.28. The molecule has 0 aromatic heterocycles. The zero-order chi connectivity index (χ0) is 13.0. The second-order valence-electron chi connectivity index (χ2n) is 5.69. The Balaban J connectivity index is 2.44. The molecule has 0 aromatic carbocycles. The smallest absolute Gasteiger partial charge is 0.317 e. The number of carbonyl (C=O) groups excluding carboxylic acids is 1. The summed E-state index contributed by atoms with van der Waals surface area (Å²) in [7, 11) is 0. The maximum Gasteiger partial charge on any atom is 0.317 e. The van der Waals surface area contributed by atoms with Crippen molar-refractivity contribution in [2.45, 2.75) is 40.2 Å². The molecule has 4 nitrogen and oxygen atoms in total. The molecule has 3 atom stereocenters. The molecule has 1 rings (SSSR count). The van der Waals surface area contributed by atoms with Gasteiger partial charge in [-0.3, -0.25) is 0 Å². The fraction of sp³-hybridized carbons (Fsp3) is 0.923. The van der Waals surface area contributed by atoms with Gasteiger partial charge in [-0.1, -0.05) is 20.8 Å². The van der Waals surface area contributed by atoms with E-state index in [1.165, 1.54) is 0 Å². The van der Waals surface area contributed by atoms with E-state index in [1.54, 1.807) is 0 Å². The summed E-state index contributed by atoms with van der Waals surface area (Å²) in [5, 5.41) is 3.06. The lowest BCUT2D eigenvalue weighted by Gasteiger charge is -2.37. The summed E-state index contributed by atoms with van der Waals surface area (Å²) in [4.78, 5) is 14.0. The first-order valence-corrected chi connectivity index (χ1v) is 6.71. The van der Waals surface area contributed by atoms with Gasteiger partial charge in [0.15, 0.2) is 0 Å². The van der Waals surface area contributed by atoms with E-state index in [1.807, 2.05) is 4.90 Å². The molecule has 1 heterocycles. The van der Waals surface area contributed by atoms with Crippen LogP contribution >= 0.6 is 0 Å². The summed E-state index contributed by atoms with van der Waals surface area (Å²) in [5.41, 5.74) is 5.72. The fourth-order valence-electron chi connectivity index (χ4n) is 2.18. The summed E-state index contributed by atoms with van der Waals surface area (Å²) in [6.45, 7) is 10.9. The van der Waals surface area contributed by atoms with Gasteiger partial charge in [0.2, 0.25) is 0 Å². The summed E-state index contributed by atoms with van der Waals surface area (Å²) in [6, 6.07) is 0.304. The minimum Gasteiger partial charge on any atom is -0.335 e. The van der Waals surface area contributed by atoms with Crippen LogP contribution in [0.5, 0.6) is 0 Å². The van der Waals surface area contributed by atoms with Crippen molar-refractivity contribution in [2.24, 2.45) is 23.5 Å². The molecule has 1 saturated heterocycles. The average molecular weight is 241 g/mol. The van der Waals surface area contributed by atoms with Crippen molar-refractivity contribution in [3.05, 3.63) is 0 Å². The van der Waals surface area contributed by atoms with E-state index in [2.05, 4.69) is 33.0 Å². The van der Waals surface area contributed by atoms with Crippen molar-refractivity contribution in [3.8, 4) is 0 Å². The molecule has 4 heteroatoms. The van der Waals surface area contributed by atoms with Gasteiger partial charge in [-0.2, -0.15) is 0 Å². The van der Waals surface area contributed by atoms with Crippen LogP contribution in [0.3, 0.4) is 0 Å².